The van der Waals surface area contributed by atoms with E-state index in [1.807, 2.05) is 36.4 Å². The number of aliphatic hydroxyl groups is 1. The van der Waals surface area contributed by atoms with Gasteiger partial charge in [0.1, 0.15) is 11.6 Å². The summed E-state index contributed by atoms with van der Waals surface area (Å²) in [5.41, 5.74) is 2.44. The van der Waals surface area contributed by atoms with Gasteiger partial charge in [-0.25, -0.2) is 9.97 Å². The van der Waals surface area contributed by atoms with Crippen molar-refractivity contribution in [1.82, 2.24) is 9.97 Å². The molecule has 2 aromatic carbocycles. The Balaban J connectivity index is 1.82. The standard InChI is InChI=1S/C20H18ClN3O2/c21-15-6-4-13(5-7-15)18-11-19(24-9-8-17(26)12-24)23-20(22-18)14-2-1-3-16(25)10-14/h1-7,10-11,17,25-26H,8-9,12H2/t17-/m0/s1. The van der Waals surface area contributed by atoms with E-state index in [9.17, 15) is 10.2 Å². The van der Waals surface area contributed by atoms with Gasteiger partial charge in [0.15, 0.2) is 5.82 Å². The van der Waals surface area contributed by atoms with Gasteiger partial charge in [-0.2, -0.15) is 0 Å². The van der Waals surface area contributed by atoms with Gasteiger partial charge in [-0.15, -0.1) is 0 Å². The van der Waals surface area contributed by atoms with Crippen LogP contribution in [0.25, 0.3) is 22.6 Å². The van der Waals surface area contributed by atoms with Crippen LogP contribution in [0.4, 0.5) is 5.82 Å². The number of nitrogens with zero attached hydrogens (tertiary/aromatic N) is 3. The van der Waals surface area contributed by atoms with Gasteiger partial charge in [-0.3, -0.25) is 0 Å². The maximum atomic E-state index is 9.87. The monoisotopic (exact) mass is 367 g/mol. The van der Waals surface area contributed by atoms with Crippen LogP contribution in [0.5, 0.6) is 5.75 Å². The SMILES string of the molecule is Oc1cccc(-c2nc(-c3ccc(Cl)cc3)cc(N3CC[C@H](O)C3)n2)c1. The van der Waals surface area contributed by atoms with E-state index in [0.717, 1.165) is 35.6 Å². The summed E-state index contributed by atoms with van der Waals surface area (Å²) in [6.45, 7) is 1.30. The Hall–Kier alpha value is -2.63. The van der Waals surface area contributed by atoms with Crippen LogP contribution in [0.1, 0.15) is 6.42 Å². The quantitative estimate of drug-likeness (QED) is 0.738. The zero-order valence-corrected chi connectivity index (χ0v) is 14.8. The molecule has 1 atom stereocenters. The molecule has 0 radical (unpaired) electrons. The lowest BCUT2D eigenvalue weighted by atomic mass is 10.1. The fourth-order valence-corrected chi connectivity index (χ4v) is 3.21. The van der Waals surface area contributed by atoms with Crippen molar-refractivity contribution >= 4 is 17.4 Å². The predicted octanol–water partition coefficient (Wildman–Crippen LogP) is 3.74. The third-order valence-electron chi connectivity index (χ3n) is 4.44. The number of rotatable bonds is 3. The number of phenolic OH excluding ortho intramolecular Hbond substituents is 1. The van der Waals surface area contributed by atoms with E-state index >= 15 is 0 Å². The third kappa shape index (κ3) is 3.49. The van der Waals surface area contributed by atoms with E-state index in [-0.39, 0.29) is 11.9 Å². The average Bonchev–Trinajstić information content (AvgIpc) is 3.08. The first-order valence-corrected chi connectivity index (χ1v) is 8.84. The van der Waals surface area contributed by atoms with E-state index in [1.54, 1.807) is 18.2 Å². The molecule has 0 aliphatic carbocycles. The van der Waals surface area contributed by atoms with E-state index in [2.05, 4.69) is 14.9 Å². The van der Waals surface area contributed by atoms with Crippen molar-refractivity contribution < 1.29 is 10.2 Å². The average molecular weight is 368 g/mol. The number of halogens is 1. The molecule has 4 rings (SSSR count). The van der Waals surface area contributed by atoms with Crippen LogP contribution >= 0.6 is 11.6 Å². The minimum absolute atomic E-state index is 0.168. The molecule has 0 bridgehead atoms. The zero-order chi connectivity index (χ0) is 18.1. The first-order chi connectivity index (χ1) is 12.6. The van der Waals surface area contributed by atoms with Crippen LogP contribution in [0, 0.1) is 0 Å². The van der Waals surface area contributed by atoms with Gasteiger partial charge in [-0.05, 0) is 30.7 Å². The Morgan fingerprint density at radius 1 is 1.00 bits per heavy atom. The molecule has 132 valence electrons. The van der Waals surface area contributed by atoms with Crippen LogP contribution in [-0.2, 0) is 0 Å². The Bertz CT molecular complexity index is 931. The Morgan fingerprint density at radius 3 is 2.50 bits per heavy atom. The normalized spacial score (nSPS) is 16.8. The maximum absolute atomic E-state index is 9.87. The minimum Gasteiger partial charge on any atom is -0.508 e. The minimum atomic E-state index is -0.340. The molecule has 0 spiro atoms. The second-order valence-corrected chi connectivity index (χ2v) is 6.82. The molecule has 0 saturated carbocycles. The molecule has 1 saturated heterocycles. The van der Waals surface area contributed by atoms with Gasteiger partial charge in [0, 0.05) is 35.3 Å². The molecule has 1 aliphatic heterocycles. The van der Waals surface area contributed by atoms with Crippen molar-refractivity contribution in [2.24, 2.45) is 0 Å². The Labute approximate surface area is 156 Å². The summed E-state index contributed by atoms with van der Waals surface area (Å²) < 4.78 is 0. The summed E-state index contributed by atoms with van der Waals surface area (Å²) in [6.07, 6.45) is 0.384. The van der Waals surface area contributed by atoms with Crippen molar-refractivity contribution in [2.75, 3.05) is 18.0 Å². The van der Waals surface area contributed by atoms with Crippen LogP contribution in [0.2, 0.25) is 5.02 Å². The summed E-state index contributed by atoms with van der Waals surface area (Å²) in [5, 5.41) is 20.3. The zero-order valence-electron chi connectivity index (χ0n) is 14.0. The van der Waals surface area contributed by atoms with Crippen LogP contribution in [-0.4, -0.2) is 39.4 Å². The van der Waals surface area contributed by atoms with Gasteiger partial charge in [0.05, 0.1) is 11.8 Å². The number of anilines is 1. The first kappa shape index (κ1) is 16.8. The lowest BCUT2D eigenvalue weighted by Crippen LogP contribution is -2.22. The van der Waals surface area contributed by atoms with Gasteiger partial charge in [0.2, 0.25) is 0 Å². The number of benzene rings is 2. The Morgan fingerprint density at radius 2 is 1.81 bits per heavy atom. The van der Waals surface area contributed by atoms with Crippen molar-refractivity contribution in [2.45, 2.75) is 12.5 Å². The fraction of sp³-hybridized carbons (Fsp3) is 0.200. The smallest absolute Gasteiger partial charge is 0.162 e. The molecule has 2 heterocycles. The fourth-order valence-electron chi connectivity index (χ4n) is 3.09. The summed E-state index contributed by atoms with van der Waals surface area (Å²) in [6, 6.07) is 16.3. The van der Waals surface area contributed by atoms with Gasteiger partial charge >= 0.3 is 0 Å². The van der Waals surface area contributed by atoms with E-state index in [0.29, 0.717) is 17.4 Å². The summed E-state index contributed by atoms with van der Waals surface area (Å²) in [4.78, 5) is 11.4. The van der Waals surface area contributed by atoms with Crippen molar-refractivity contribution in [1.29, 1.82) is 0 Å². The molecule has 1 aromatic heterocycles. The van der Waals surface area contributed by atoms with Crippen molar-refractivity contribution in [3.05, 3.63) is 59.6 Å². The summed E-state index contributed by atoms with van der Waals surface area (Å²) >= 11 is 6.00. The number of phenols is 1. The second-order valence-electron chi connectivity index (χ2n) is 6.38. The molecule has 3 aromatic rings. The lowest BCUT2D eigenvalue weighted by molar-refractivity contribution is 0.198. The first-order valence-electron chi connectivity index (χ1n) is 8.46. The third-order valence-corrected chi connectivity index (χ3v) is 4.70. The molecule has 1 fully saturated rings. The number of hydrogen-bond acceptors (Lipinski definition) is 5. The summed E-state index contributed by atoms with van der Waals surface area (Å²) in [5.74, 6) is 1.46. The van der Waals surface area contributed by atoms with E-state index in [1.165, 1.54) is 0 Å². The second kappa shape index (κ2) is 6.94. The number of aromatic nitrogens is 2. The van der Waals surface area contributed by atoms with Gasteiger partial charge < -0.3 is 15.1 Å². The van der Waals surface area contributed by atoms with Crippen LogP contribution in [0.3, 0.4) is 0 Å². The molecule has 2 N–H and O–H groups in total. The topological polar surface area (TPSA) is 69.5 Å². The molecular weight excluding hydrogens is 350 g/mol. The molecular formula is C20H18ClN3O2. The Kier molecular flexibility index (Phi) is 4.49. The largest absolute Gasteiger partial charge is 0.508 e. The number of hydrogen-bond donors (Lipinski definition) is 2. The van der Waals surface area contributed by atoms with Gasteiger partial charge in [-0.1, -0.05) is 35.9 Å². The lowest BCUT2D eigenvalue weighted by Gasteiger charge is -2.18. The van der Waals surface area contributed by atoms with E-state index < -0.39 is 0 Å². The number of aliphatic hydroxyl groups excluding tert-OH is 1. The summed E-state index contributed by atoms with van der Waals surface area (Å²) in [7, 11) is 0. The molecule has 26 heavy (non-hydrogen) atoms. The number of aromatic hydroxyl groups is 1. The predicted molar refractivity (Wildman–Crippen MR) is 102 cm³/mol. The molecule has 6 heteroatoms. The highest BCUT2D eigenvalue weighted by molar-refractivity contribution is 6.30. The highest BCUT2D eigenvalue weighted by Gasteiger charge is 2.23. The number of β-amino-alcohol motifs (C(OH)–C–C–N with tert-alkyl or cyclic N) is 1. The molecule has 1 aliphatic rings. The highest BCUT2D eigenvalue weighted by atomic mass is 35.5. The van der Waals surface area contributed by atoms with Gasteiger partial charge in [0.25, 0.3) is 0 Å². The van der Waals surface area contributed by atoms with E-state index in [4.69, 9.17) is 11.6 Å². The maximum Gasteiger partial charge on any atom is 0.162 e. The van der Waals surface area contributed by atoms with Crippen molar-refractivity contribution in [3.8, 4) is 28.4 Å². The van der Waals surface area contributed by atoms with Crippen molar-refractivity contribution in [3.63, 3.8) is 0 Å². The molecule has 5 nitrogen and oxygen atoms in total. The molecule has 0 unspecified atom stereocenters. The molecule has 0 amide bonds. The van der Waals surface area contributed by atoms with Crippen LogP contribution in [0.15, 0.2) is 54.6 Å². The highest BCUT2D eigenvalue weighted by Crippen LogP contribution is 2.29. The van der Waals surface area contributed by atoms with Crippen LogP contribution < -0.4 is 4.90 Å².